The van der Waals surface area contributed by atoms with Crippen LogP contribution in [0.3, 0.4) is 0 Å². The van der Waals surface area contributed by atoms with Crippen LogP contribution in [-0.4, -0.2) is 44.3 Å². The van der Waals surface area contributed by atoms with Crippen LogP contribution in [0.4, 0.5) is 0 Å². The average molecular weight is 484 g/mol. The molecule has 1 saturated heterocycles. The average Bonchev–Trinajstić information content (AvgIpc) is 2.66. The molecule has 0 saturated carbocycles. The Kier molecular flexibility index (Phi) is 7.95. The molecule has 1 fully saturated rings. The van der Waals surface area contributed by atoms with E-state index >= 15 is 0 Å². The summed E-state index contributed by atoms with van der Waals surface area (Å²) < 4.78 is 13.3. The SMILES string of the molecule is Brc1cc(CNCCN2CCOCC2)cc(Br)c1OCc1ccccc1. The smallest absolute Gasteiger partial charge is 0.148 e. The summed E-state index contributed by atoms with van der Waals surface area (Å²) in [5.74, 6) is 0.839. The molecule has 1 aliphatic heterocycles. The van der Waals surface area contributed by atoms with Crippen molar-refractivity contribution >= 4 is 31.9 Å². The van der Waals surface area contributed by atoms with Crippen molar-refractivity contribution in [2.24, 2.45) is 0 Å². The van der Waals surface area contributed by atoms with Gasteiger partial charge in [-0.2, -0.15) is 0 Å². The third-order valence-corrected chi connectivity index (χ3v) is 5.50. The lowest BCUT2D eigenvalue weighted by Crippen LogP contribution is -2.40. The molecule has 0 spiro atoms. The van der Waals surface area contributed by atoms with Gasteiger partial charge in [0.1, 0.15) is 12.4 Å². The van der Waals surface area contributed by atoms with Crippen molar-refractivity contribution in [1.29, 1.82) is 0 Å². The van der Waals surface area contributed by atoms with E-state index in [-0.39, 0.29) is 0 Å². The summed E-state index contributed by atoms with van der Waals surface area (Å²) in [5, 5.41) is 3.52. The van der Waals surface area contributed by atoms with Gasteiger partial charge in [0.05, 0.1) is 22.2 Å². The minimum atomic E-state index is 0.551. The zero-order chi connectivity index (χ0) is 18.2. The molecule has 0 unspecified atom stereocenters. The molecule has 0 radical (unpaired) electrons. The normalized spacial score (nSPS) is 15.2. The second-order valence-corrected chi connectivity index (χ2v) is 8.00. The van der Waals surface area contributed by atoms with Crippen molar-refractivity contribution in [2.75, 3.05) is 39.4 Å². The lowest BCUT2D eigenvalue weighted by atomic mass is 10.2. The number of benzene rings is 2. The molecule has 26 heavy (non-hydrogen) atoms. The van der Waals surface area contributed by atoms with Crippen molar-refractivity contribution < 1.29 is 9.47 Å². The number of rotatable bonds is 8. The minimum Gasteiger partial charge on any atom is -0.487 e. The Hall–Kier alpha value is -0.920. The molecule has 1 N–H and O–H groups in total. The van der Waals surface area contributed by atoms with Crippen molar-refractivity contribution in [2.45, 2.75) is 13.2 Å². The summed E-state index contributed by atoms with van der Waals surface area (Å²) in [6.45, 7) is 7.19. The van der Waals surface area contributed by atoms with Gasteiger partial charge in [-0.1, -0.05) is 30.3 Å². The van der Waals surface area contributed by atoms with Crippen LogP contribution in [-0.2, 0) is 17.9 Å². The molecular weight excluding hydrogens is 460 g/mol. The molecule has 2 aromatic carbocycles. The number of hydrogen-bond acceptors (Lipinski definition) is 4. The maximum atomic E-state index is 5.98. The van der Waals surface area contributed by atoms with E-state index in [2.05, 4.69) is 66.3 Å². The number of ether oxygens (including phenoxy) is 2. The van der Waals surface area contributed by atoms with Gasteiger partial charge in [0.2, 0.25) is 0 Å². The van der Waals surface area contributed by atoms with Crippen LogP contribution >= 0.6 is 31.9 Å². The van der Waals surface area contributed by atoms with Crippen molar-refractivity contribution in [3.8, 4) is 5.75 Å². The third-order valence-electron chi connectivity index (χ3n) is 4.32. The van der Waals surface area contributed by atoms with Crippen LogP contribution in [0.25, 0.3) is 0 Å². The molecule has 0 bridgehead atoms. The zero-order valence-electron chi connectivity index (χ0n) is 14.7. The molecule has 0 atom stereocenters. The van der Waals surface area contributed by atoms with Crippen LogP contribution in [0.15, 0.2) is 51.4 Å². The van der Waals surface area contributed by atoms with Crippen molar-refractivity contribution in [3.63, 3.8) is 0 Å². The predicted octanol–water partition coefficient (Wildman–Crippen LogP) is 4.21. The summed E-state index contributed by atoms with van der Waals surface area (Å²) in [4.78, 5) is 2.43. The maximum absolute atomic E-state index is 5.98. The van der Waals surface area contributed by atoms with E-state index in [1.807, 2.05) is 18.2 Å². The second-order valence-electron chi connectivity index (χ2n) is 6.29. The highest BCUT2D eigenvalue weighted by Crippen LogP contribution is 2.35. The molecule has 1 aliphatic rings. The zero-order valence-corrected chi connectivity index (χ0v) is 17.9. The van der Waals surface area contributed by atoms with Gasteiger partial charge in [0, 0.05) is 32.7 Å². The Morgan fingerprint density at radius 2 is 1.69 bits per heavy atom. The third kappa shape index (κ3) is 6.06. The Morgan fingerprint density at radius 3 is 2.38 bits per heavy atom. The first kappa shape index (κ1) is 19.8. The quantitative estimate of drug-likeness (QED) is 0.570. The Bertz CT molecular complexity index is 668. The summed E-state index contributed by atoms with van der Waals surface area (Å²) in [5.41, 5.74) is 2.37. The first-order valence-corrected chi connectivity index (χ1v) is 10.5. The fourth-order valence-corrected chi connectivity index (χ4v) is 4.39. The first-order valence-electron chi connectivity index (χ1n) is 8.88. The molecule has 0 aliphatic carbocycles. The fourth-order valence-electron chi connectivity index (χ4n) is 2.88. The first-order chi connectivity index (χ1) is 12.7. The van der Waals surface area contributed by atoms with E-state index in [1.54, 1.807) is 0 Å². The second kappa shape index (κ2) is 10.4. The van der Waals surface area contributed by atoms with Gasteiger partial charge in [-0.15, -0.1) is 0 Å². The number of nitrogens with one attached hydrogen (secondary N) is 1. The monoisotopic (exact) mass is 482 g/mol. The van der Waals surface area contributed by atoms with Gasteiger partial charge in [-0.05, 0) is 55.1 Å². The van der Waals surface area contributed by atoms with Crippen LogP contribution in [0, 0.1) is 0 Å². The largest absolute Gasteiger partial charge is 0.487 e. The molecule has 140 valence electrons. The summed E-state index contributed by atoms with van der Waals surface area (Å²) in [7, 11) is 0. The standard InChI is InChI=1S/C20H24Br2N2O2/c21-18-12-17(14-23-6-7-24-8-10-25-11-9-24)13-19(22)20(18)26-15-16-4-2-1-3-5-16/h1-5,12-13,23H,6-11,14-15H2. The van der Waals surface area contributed by atoms with Crippen LogP contribution in [0.1, 0.15) is 11.1 Å². The highest BCUT2D eigenvalue weighted by atomic mass is 79.9. The predicted molar refractivity (Wildman–Crippen MR) is 112 cm³/mol. The van der Waals surface area contributed by atoms with Crippen LogP contribution in [0.5, 0.6) is 5.75 Å². The number of hydrogen-bond donors (Lipinski definition) is 1. The van der Waals surface area contributed by atoms with Crippen molar-refractivity contribution in [3.05, 3.63) is 62.5 Å². The molecule has 6 heteroatoms. The van der Waals surface area contributed by atoms with E-state index in [9.17, 15) is 0 Å². The summed E-state index contributed by atoms with van der Waals surface area (Å²) >= 11 is 7.28. The molecule has 4 nitrogen and oxygen atoms in total. The number of morpholine rings is 1. The number of nitrogens with zero attached hydrogens (tertiary/aromatic N) is 1. The van der Waals surface area contributed by atoms with Gasteiger partial charge in [-0.3, -0.25) is 4.90 Å². The Morgan fingerprint density at radius 1 is 1.00 bits per heavy atom. The fraction of sp³-hybridized carbons (Fsp3) is 0.400. The lowest BCUT2D eigenvalue weighted by Gasteiger charge is -2.26. The Labute approximate surface area is 172 Å². The molecular formula is C20H24Br2N2O2. The lowest BCUT2D eigenvalue weighted by molar-refractivity contribution is 0.0384. The highest BCUT2D eigenvalue weighted by molar-refractivity contribution is 9.11. The molecule has 2 aromatic rings. The van der Waals surface area contributed by atoms with E-state index in [0.29, 0.717) is 6.61 Å². The van der Waals surface area contributed by atoms with Gasteiger partial charge in [0.25, 0.3) is 0 Å². The minimum absolute atomic E-state index is 0.551. The van der Waals surface area contributed by atoms with Gasteiger partial charge >= 0.3 is 0 Å². The van der Waals surface area contributed by atoms with Crippen LogP contribution < -0.4 is 10.1 Å². The maximum Gasteiger partial charge on any atom is 0.148 e. The topological polar surface area (TPSA) is 33.7 Å². The van der Waals surface area contributed by atoms with Crippen molar-refractivity contribution in [1.82, 2.24) is 10.2 Å². The van der Waals surface area contributed by atoms with Crippen LogP contribution in [0.2, 0.25) is 0 Å². The van der Waals surface area contributed by atoms with Gasteiger partial charge in [0.15, 0.2) is 0 Å². The molecule has 0 aromatic heterocycles. The van der Waals surface area contributed by atoms with E-state index in [1.165, 1.54) is 5.56 Å². The summed E-state index contributed by atoms with van der Waals surface area (Å²) in [6.07, 6.45) is 0. The molecule has 0 amide bonds. The summed E-state index contributed by atoms with van der Waals surface area (Å²) in [6, 6.07) is 14.4. The highest BCUT2D eigenvalue weighted by Gasteiger charge is 2.11. The van der Waals surface area contributed by atoms with Gasteiger partial charge < -0.3 is 14.8 Å². The van der Waals surface area contributed by atoms with E-state index < -0.39 is 0 Å². The number of halogens is 2. The molecule has 1 heterocycles. The van der Waals surface area contributed by atoms with E-state index in [4.69, 9.17) is 9.47 Å². The Balaban J connectivity index is 1.48. The van der Waals surface area contributed by atoms with E-state index in [0.717, 1.165) is 66.2 Å². The van der Waals surface area contributed by atoms with Gasteiger partial charge in [-0.25, -0.2) is 0 Å². The molecule has 3 rings (SSSR count).